The predicted molar refractivity (Wildman–Crippen MR) is 103 cm³/mol. The molecule has 2 N–H and O–H groups in total. The molecule has 6 nitrogen and oxygen atoms in total. The number of rotatable bonds is 5. The van der Waals surface area contributed by atoms with Crippen LogP contribution >= 0.6 is 22.9 Å². The largest absolute Gasteiger partial charge is 0.486 e. The highest BCUT2D eigenvalue weighted by Gasteiger charge is 2.27. The molecule has 3 aromatic rings. The molecule has 0 bridgehead atoms. The minimum absolute atomic E-state index is 0.0206. The third kappa shape index (κ3) is 3.50. The van der Waals surface area contributed by atoms with Crippen molar-refractivity contribution >= 4 is 39.9 Å². The number of carbonyl (C=O) groups excluding carboxylic acids is 1. The molecule has 0 unspecified atom stereocenters. The van der Waals surface area contributed by atoms with E-state index in [1.165, 1.54) is 11.3 Å². The number of aromatic amines is 1. The summed E-state index contributed by atoms with van der Waals surface area (Å²) in [7, 11) is 0. The Morgan fingerprint density at radius 1 is 1.50 bits per heavy atom. The number of aromatic nitrogens is 2. The Hall–Kier alpha value is -2.25. The van der Waals surface area contributed by atoms with Gasteiger partial charge in [0.05, 0.1) is 22.8 Å². The third-order valence-corrected chi connectivity index (χ3v) is 5.53. The first-order chi connectivity index (χ1) is 12.6. The van der Waals surface area contributed by atoms with Gasteiger partial charge in [-0.2, -0.15) is 0 Å². The van der Waals surface area contributed by atoms with E-state index >= 15 is 0 Å². The van der Waals surface area contributed by atoms with E-state index in [2.05, 4.69) is 22.2 Å². The second-order valence-corrected chi connectivity index (χ2v) is 7.55. The van der Waals surface area contributed by atoms with Crippen molar-refractivity contribution in [2.75, 3.05) is 6.54 Å². The third-order valence-electron chi connectivity index (χ3n) is 4.60. The van der Waals surface area contributed by atoms with Crippen molar-refractivity contribution in [1.82, 2.24) is 20.2 Å². The van der Waals surface area contributed by atoms with Crippen molar-refractivity contribution in [2.24, 2.45) is 0 Å². The van der Waals surface area contributed by atoms with Crippen molar-refractivity contribution in [1.29, 1.82) is 0 Å². The zero-order valence-corrected chi connectivity index (χ0v) is 15.9. The molecule has 2 amide bonds. The summed E-state index contributed by atoms with van der Waals surface area (Å²) in [6, 6.07) is 6.05. The maximum atomic E-state index is 12.1. The fourth-order valence-corrected chi connectivity index (χ4v) is 3.72. The molecule has 1 aliphatic heterocycles. The Kier molecular flexibility index (Phi) is 4.74. The second kappa shape index (κ2) is 7.17. The standard InChI is InChI=1S/C18H19ClN4O2S/c1-11-2-3-23(11)18(24)20-7-13-4-12-5-15(19)17(6-16(12)22-13)25-8-14-9-26-10-21-14/h4-6,9-11,22H,2-3,7-8H2,1H3,(H,20,24)/t11-/m0/s1. The van der Waals surface area contributed by atoms with Gasteiger partial charge in [0.1, 0.15) is 12.4 Å². The van der Waals surface area contributed by atoms with Gasteiger partial charge in [-0.1, -0.05) is 11.6 Å². The van der Waals surface area contributed by atoms with E-state index in [0.29, 0.717) is 30.0 Å². The highest BCUT2D eigenvalue weighted by Crippen LogP contribution is 2.31. The zero-order chi connectivity index (χ0) is 18.1. The fourth-order valence-electron chi connectivity index (χ4n) is 2.95. The molecular formula is C18H19ClN4O2S. The van der Waals surface area contributed by atoms with E-state index < -0.39 is 0 Å². The lowest BCUT2D eigenvalue weighted by atomic mass is 10.1. The summed E-state index contributed by atoms with van der Waals surface area (Å²) < 4.78 is 5.78. The van der Waals surface area contributed by atoms with Gasteiger partial charge >= 0.3 is 6.03 Å². The van der Waals surface area contributed by atoms with Crippen molar-refractivity contribution in [3.8, 4) is 5.75 Å². The van der Waals surface area contributed by atoms with Crippen LogP contribution in [0.15, 0.2) is 29.1 Å². The SMILES string of the molecule is C[C@H]1CCN1C(=O)NCc1cc2cc(Cl)c(OCc3cscn3)cc2[nH]1. The van der Waals surface area contributed by atoms with Crippen LogP contribution in [0, 0.1) is 0 Å². The van der Waals surface area contributed by atoms with E-state index in [1.54, 1.807) is 5.51 Å². The Morgan fingerprint density at radius 2 is 2.38 bits per heavy atom. The molecule has 0 saturated carbocycles. The number of hydrogen-bond acceptors (Lipinski definition) is 4. The molecule has 8 heteroatoms. The van der Waals surface area contributed by atoms with E-state index in [-0.39, 0.29) is 6.03 Å². The lowest BCUT2D eigenvalue weighted by molar-refractivity contribution is 0.124. The van der Waals surface area contributed by atoms with E-state index in [4.69, 9.17) is 16.3 Å². The van der Waals surface area contributed by atoms with E-state index in [1.807, 2.05) is 28.5 Å². The number of hydrogen-bond donors (Lipinski definition) is 2. The second-order valence-electron chi connectivity index (χ2n) is 6.42. The summed E-state index contributed by atoms with van der Waals surface area (Å²) in [5, 5.41) is 6.43. The fraction of sp³-hybridized carbons (Fsp3) is 0.333. The van der Waals surface area contributed by atoms with Crippen LogP contribution in [0.25, 0.3) is 10.9 Å². The van der Waals surface area contributed by atoms with Crippen LogP contribution in [0.1, 0.15) is 24.7 Å². The molecule has 136 valence electrons. The molecule has 4 rings (SSSR count). The molecule has 1 fully saturated rings. The van der Waals surface area contributed by atoms with Gasteiger partial charge in [0, 0.05) is 40.6 Å². The lowest BCUT2D eigenvalue weighted by Crippen LogP contribution is -2.53. The number of benzene rings is 1. The van der Waals surface area contributed by atoms with Gasteiger partial charge in [-0.05, 0) is 25.5 Å². The first-order valence-corrected chi connectivity index (χ1v) is 9.77. The highest BCUT2D eigenvalue weighted by atomic mass is 35.5. The summed E-state index contributed by atoms with van der Waals surface area (Å²) in [5.41, 5.74) is 4.50. The Morgan fingerprint density at radius 3 is 3.08 bits per heavy atom. The molecule has 0 aliphatic carbocycles. The molecule has 2 aromatic heterocycles. The number of H-pyrrole nitrogens is 1. The first-order valence-electron chi connectivity index (χ1n) is 8.45. The summed E-state index contributed by atoms with van der Waals surface area (Å²) in [6.07, 6.45) is 1.07. The molecule has 26 heavy (non-hydrogen) atoms. The molecule has 1 atom stereocenters. The average molecular weight is 391 g/mol. The topological polar surface area (TPSA) is 70.2 Å². The highest BCUT2D eigenvalue weighted by molar-refractivity contribution is 7.07. The van der Waals surface area contributed by atoms with Crippen molar-refractivity contribution in [3.05, 3.63) is 45.5 Å². The summed E-state index contributed by atoms with van der Waals surface area (Å²) in [6.45, 7) is 3.71. The number of ether oxygens (including phenoxy) is 1. The van der Waals surface area contributed by atoms with Crippen molar-refractivity contribution < 1.29 is 9.53 Å². The number of fused-ring (bicyclic) bond motifs is 1. The minimum atomic E-state index is -0.0206. The minimum Gasteiger partial charge on any atom is -0.486 e. The number of thiazole rings is 1. The van der Waals surface area contributed by atoms with Crippen LogP contribution in [0.5, 0.6) is 5.75 Å². The van der Waals surface area contributed by atoms with Crippen LogP contribution in [0.4, 0.5) is 4.79 Å². The molecule has 0 radical (unpaired) electrons. The number of likely N-dealkylation sites (tertiary alicyclic amines) is 1. The smallest absolute Gasteiger partial charge is 0.317 e. The molecular weight excluding hydrogens is 372 g/mol. The molecule has 1 saturated heterocycles. The Bertz CT molecular complexity index is 925. The zero-order valence-electron chi connectivity index (χ0n) is 14.3. The Balaban J connectivity index is 1.43. The Labute approximate surface area is 160 Å². The quantitative estimate of drug-likeness (QED) is 0.687. The van der Waals surface area contributed by atoms with Crippen LogP contribution in [0.3, 0.4) is 0 Å². The van der Waals surface area contributed by atoms with Gasteiger partial charge in [0.2, 0.25) is 0 Å². The van der Waals surface area contributed by atoms with Crippen LogP contribution < -0.4 is 10.1 Å². The summed E-state index contributed by atoms with van der Waals surface area (Å²) in [5.74, 6) is 0.610. The monoisotopic (exact) mass is 390 g/mol. The number of halogens is 1. The summed E-state index contributed by atoms with van der Waals surface area (Å²) >= 11 is 7.86. The van der Waals surface area contributed by atoms with Gasteiger partial charge in [-0.15, -0.1) is 11.3 Å². The maximum absolute atomic E-state index is 12.1. The number of amides is 2. The predicted octanol–water partition coefficient (Wildman–Crippen LogP) is 4.16. The first kappa shape index (κ1) is 17.2. The molecule has 3 heterocycles. The number of nitrogens with one attached hydrogen (secondary N) is 2. The van der Waals surface area contributed by atoms with Gasteiger partial charge in [0.25, 0.3) is 0 Å². The number of nitrogens with zero attached hydrogens (tertiary/aromatic N) is 2. The van der Waals surface area contributed by atoms with E-state index in [0.717, 1.165) is 35.3 Å². The number of carbonyl (C=O) groups is 1. The van der Waals surface area contributed by atoms with Gasteiger partial charge in [-0.3, -0.25) is 0 Å². The average Bonchev–Trinajstić information content (AvgIpc) is 3.25. The van der Waals surface area contributed by atoms with Gasteiger partial charge in [0.15, 0.2) is 0 Å². The van der Waals surface area contributed by atoms with E-state index in [9.17, 15) is 4.79 Å². The molecule has 0 spiro atoms. The van der Waals surface area contributed by atoms with Crippen LogP contribution in [-0.4, -0.2) is 33.5 Å². The maximum Gasteiger partial charge on any atom is 0.317 e. The molecule has 1 aromatic carbocycles. The van der Waals surface area contributed by atoms with Crippen molar-refractivity contribution in [3.63, 3.8) is 0 Å². The normalized spacial score (nSPS) is 16.5. The van der Waals surface area contributed by atoms with Crippen LogP contribution in [-0.2, 0) is 13.2 Å². The van der Waals surface area contributed by atoms with Gasteiger partial charge in [-0.25, -0.2) is 9.78 Å². The summed E-state index contributed by atoms with van der Waals surface area (Å²) in [4.78, 5) is 21.4. The van der Waals surface area contributed by atoms with Gasteiger partial charge < -0.3 is 19.9 Å². The van der Waals surface area contributed by atoms with Crippen molar-refractivity contribution in [2.45, 2.75) is 32.5 Å². The lowest BCUT2D eigenvalue weighted by Gasteiger charge is -2.38. The number of urea groups is 1. The molecule has 1 aliphatic rings. The van der Waals surface area contributed by atoms with Crippen LogP contribution in [0.2, 0.25) is 5.02 Å².